The quantitative estimate of drug-likeness (QED) is 0.848. The molecule has 0 unspecified atom stereocenters. The van der Waals surface area contributed by atoms with Crippen molar-refractivity contribution in [2.75, 3.05) is 0 Å². The lowest BCUT2D eigenvalue weighted by molar-refractivity contribution is 0.0896. The molecule has 0 saturated heterocycles. The maximum Gasteiger partial charge on any atom is 0.270 e. The largest absolute Gasteiger partial charge is 0.345 e. The number of aromatic nitrogens is 1. The maximum atomic E-state index is 12.1. The first-order valence-corrected chi connectivity index (χ1v) is 6.35. The molecule has 2 fully saturated rings. The number of rotatable bonds is 2. The van der Waals surface area contributed by atoms with E-state index in [1.54, 1.807) is 12.3 Å². The van der Waals surface area contributed by atoms with E-state index in [0.717, 1.165) is 19.3 Å². The summed E-state index contributed by atoms with van der Waals surface area (Å²) in [5.74, 6) is -0.0169. The van der Waals surface area contributed by atoms with Gasteiger partial charge < -0.3 is 5.32 Å². The summed E-state index contributed by atoms with van der Waals surface area (Å²) >= 11 is 0. The molecule has 2 aliphatic carbocycles. The van der Waals surface area contributed by atoms with Crippen molar-refractivity contribution in [3.05, 3.63) is 30.1 Å². The van der Waals surface area contributed by atoms with E-state index in [2.05, 4.69) is 17.2 Å². The van der Waals surface area contributed by atoms with Crippen LogP contribution in [0, 0.1) is 5.41 Å². The maximum absolute atomic E-state index is 12.1. The smallest absolute Gasteiger partial charge is 0.270 e. The van der Waals surface area contributed by atoms with E-state index < -0.39 is 0 Å². The fraction of sp³-hybridized carbons (Fsp3) is 0.571. The first-order chi connectivity index (χ1) is 8.11. The lowest BCUT2D eigenvalue weighted by atomic mass is 9.86. The molecule has 90 valence electrons. The highest BCUT2D eigenvalue weighted by molar-refractivity contribution is 5.92. The first kappa shape index (κ1) is 10.8. The zero-order valence-corrected chi connectivity index (χ0v) is 10.2. The van der Waals surface area contributed by atoms with E-state index in [1.165, 1.54) is 12.8 Å². The van der Waals surface area contributed by atoms with Crippen LogP contribution in [-0.2, 0) is 0 Å². The fourth-order valence-corrected chi connectivity index (χ4v) is 3.47. The van der Waals surface area contributed by atoms with Gasteiger partial charge in [-0.15, -0.1) is 0 Å². The van der Waals surface area contributed by atoms with Gasteiger partial charge in [0.05, 0.1) is 0 Å². The number of amides is 1. The molecule has 1 aromatic rings. The van der Waals surface area contributed by atoms with Gasteiger partial charge in [0.1, 0.15) is 5.69 Å². The molecule has 0 radical (unpaired) electrons. The molecule has 3 heteroatoms. The zero-order chi connectivity index (χ0) is 11.9. The Balaban J connectivity index is 1.75. The van der Waals surface area contributed by atoms with E-state index >= 15 is 0 Å². The second kappa shape index (κ2) is 3.56. The molecule has 1 aromatic heterocycles. The molecule has 0 atom stereocenters. The van der Waals surface area contributed by atoms with E-state index in [-0.39, 0.29) is 11.4 Å². The van der Waals surface area contributed by atoms with Crippen LogP contribution in [0.3, 0.4) is 0 Å². The van der Waals surface area contributed by atoms with E-state index in [9.17, 15) is 4.79 Å². The highest BCUT2D eigenvalue weighted by Crippen LogP contribution is 2.56. The summed E-state index contributed by atoms with van der Waals surface area (Å²) in [4.78, 5) is 16.2. The molecule has 0 aliphatic heterocycles. The third-order valence-corrected chi connectivity index (χ3v) is 4.46. The number of carbonyl (C=O) groups excluding carboxylic acids is 1. The van der Waals surface area contributed by atoms with Crippen molar-refractivity contribution in [2.45, 2.75) is 44.6 Å². The minimum Gasteiger partial charge on any atom is -0.345 e. The molecule has 0 aromatic carbocycles. The Morgan fingerprint density at radius 2 is 2.06 bits per heavy atom. The molecular weight excluding hydrogens is 212 g/mol. The van der Waals surface area contributed by atoms with Crippen LogP contribution in [-0.4, -0.2) is 16.4 Å². The predicted molar refractivity (Wildman–Crippen MR) is 65.6 cm³/mol. The van der Waals surface area contributed by atoms with Crippen molar-refractivity contribution in [3.8, 4) is 0 Å². The molecule has 17 heavy (non-hydrogen) atoms. The molecule has 1 N–H and O–H groups in total. The predicted octanol–water partition coefficient (Wildman–Crippen LogP) is 2.53. The number of carbonyl (C=O) groups is 1. The molecule has 2 saturated carbocycles. The van der Waals surface area contributed by atoms with Gasteiger partial charge in [0.15, 0.2) is 0 Å². The Morgan fingerprint density at radius 3 is 2.59 bits per heavy atom. The van der Waals surface area contributed by atoms with Crippen molar-refractivity contribution >= 4 is 5.91 Å². The standard InChI is InChI=1S/C14H18N2O/c1-13-5-7-14(10-13,8-6-13)16-12(17)11-4-2-3-9-15-11/h2-4,9H,5-8,10H2,1H3,(H,16,17). The second-order valence-corrected chi connectivity index (χ2v) is 5.94. The van der Waals surface area contributed by atoms with E-state index in [0.29, 0.717) is 11.1 Å². The van der Waals surface area contributed by atoms with Crippen LogP contribution in [0.4, 0.5) is 0 Å². The highest BCUT2D eigenvalue weighted by Gasteiger charge is 2.52. The third-order valence-electron chi connectivity index (χ3n) is 4.46. The molecular formula is C14H18N2O. The summed E-state index contributed by atoms with van der Waals surface area (Å²) < 4.78 is 0. The monoisotopic (exact) mass is 230 g/mol. The van der Waals surface area contributed by atoms with Gasteiger partial charge in [0.25, 0.3) is 5.91 Å². The molecule has 3 nitrogen and oxygen atoms in total. The van der Waals surface area contributed by atoms with Crippen molar-refractivity contribution in [3.63, 3.8) is 0 Å². The first-order valence-electron chi connectivity index (χ1n) is 6.35. The number of fused-ring (bicyclic) bond motifs is 2. The van der Waals surface area contributed by atoms with E-state index in [4.69, 9.17) is 0 Å². The number of nitrogens with zero attached hydrogens (tertiary/aromatic N) is 1. The molecule has 0 spiro atoms. The Labute approximate surface area is 102 Å². The number of hydrogen-bond acceptors (Lipinski definition) is 2. The molecule has 2 bridgehead atoms. The van der Waals surface area contributed by atoms with E-state index in [1.807, 2.05) is 12.1 Å². The van der Waals surface area contributed by atoms with Gasteiger partial charge in [-0.2, -0.15) is 0 Å². The number of hydrogen-bond donors (Lipinski definition) is 1. The Hall–Kier alpha value is -1.38. The van der Waals surface area contributed by atoms with Crippen LogP contribution in [0.5, 0.6) is 0 Å². The summed E-state index contributed by atoms with van der Waals surface area (Å²) in [6.07, 6.45) is 7.55. The van der Waals surface area contributed by atoms with Gasteiger partial charge in [-0.1, -0.05) is 13.0 Å². The summed E-state index contributed by atoms with van der Waals surface area (Å²) in [6.45, 7) is 2.34. The Kier molecular flexibility index (Phi) is 2.25. The Morgan fingerprint density at radius 1 is 1.29 bits per heavy atom. The van der Waals surface area contributed by atoms with Crippen LogP contribution < -0.4 is 5.32 Å². The molecule has 3 rings (SSSR count). The normalized spacial score (nSPS) is 34.9. The van der Waals surface area contributed by atoms with Gasteiger partial charge in [-0.3, -0.25) is 9.78 Å². The summed E-state index contributed by atoms with van der Waals surface area (Å²) in [5, 5.41) is 3.22. The average Bonchev–Trinajstić information content (AvgIpc) is 2.83. The van der Waals surface area contributed by atoms with Crippen molar-refractivity contribution in [1.82, 2.24) is 10.3 Å². The Bertz CT molecular complexity index is 433. The minimum absolute atomic E-state index is 0.0169. The van der Waals surface area contributed by atoms with Gasteiger partial charge in [0, 0.05) is 11.7 Å². The summed E-state index contributed by atoms with van der Waals surface area (Å²) in [5.41, 5.74) is 1.06. The molecule has 2 aliphatic rings. The van der Waals surface area contributed by atoms with Crippen molar-refractivity contribution < 1.29 is 4.79 Å². The van der Waals surface area contributed by atoms with Crippen molar-refractivity contribution in [1.29, 1.82) is 0 Å². The summed E-state index contributed by atoms with van der Waals surface area (Å²) in [6, 6.07) is 5.46. The summed E-state index contributed by atoms with van der Waals surface area (Å²) in [7, 11) is 0. The SMILES string of the molecule is CC12CCC(NC(=O)c3ccccn3)(CC1)C2. The van der Waals surface area contributed by atoms with Gasteiger partial charge in [-0.25, -0.2) is 0 Å². The lowest BCUT2D eigenvalue weighted by Gasteiger charge is -2.27. The van der Waals surface area contributed by atoms with Crippen LogP contribution in [0.1, 0.15) is 49.5 Å². The van der Waals surface area contributed by atoms with Crippen LogP contribution in [0.25, 0.3) is 0 Å². The number of nitrogens with one attached hydrogen (secondary N) is 1. The topological polar surface area (TPSA) is 42.0 Å². The third kappa shape index (κ3) is 1.84. The average molecular weight is 230 g/mol. The van der Waals surface area contributed by atoms with Crippen LogP contribution in [0.15, 0.2) is 24.4 Å². The molecule has 1 heterocycles. The zero-order valence-electron chi connectivity index (χ0n) is 10.2. The van der Waals surface area contributed by atoms with Crippen molar-refractivity contribution in [2.24, 2.45) is 5.41 Å². The fourth-order valence-electron chi connectivity index (χ4n) is 3.47. The minimum atomic E-state index is -0.0169. The lowest BCUT2D eigenvalue weighted by Crippen LogP contribution is -2.45. The highest BCUT2D eigenvalue weighted by atomic mass is 16.2. The van der Waals surface area contributed by atoms with Crippen LogP contribution in [0.2, 0.25) is 0 Å². The van der Waals surface area contributed by atoms with Gasteiger partial charge in [-0.05, 0) is 49.7 Å². The van der Waals surface area contributed by atoms with Gasteiger partial charge in [0.2, 0.25) is 0 Å². The van der Waals surface area contributed by atoms with Gasteiger partial charge >= 0.3 is 0 Å². The number of pyridine rings is 1. The molecule has 1 amide bonds. The second-order valence-electron chi connectivity index (χ2n) is 5.94. The van der Waals surface area contributed by atoms with Crippen LogP contribution >= 0.6 is 0 Å².